The number of benzene rings is 1. The molecule has 0 atom stereocenters. The minimum Gasteiger partial charge on any atom is -0.492 e. The Labute approximate surface area is 187 Å². The molecule has 166 valence electrons. The van der Waals surface area contributed by atoms with E-state index in [0.29, 0.717) is 43.9 Å². The molecule has 4 heterocycles. The van der Waals surface area contributed by atoms with Crippen LogP contribution in [0, 0.1) is 5.82 Å². The van der Waals surface area contributed by atoms with Gasteiger partial charge in [0.2, 0.25) is 0 Å². The maximum Gasteiger partial charge on any atom is 0.343 e. The number of esters is 1. The van der Waals surface area contributed by atoms with Gasteiger partial charge in [-0.1, -0.05) is 17.7 Å². The van der Waals surface area contributed by atoms with Crippen molar-refractivity contribution in [2.75, 3.05) is 26.3 Å². The van der Waals surface area contributed by atoms with Crippen LogP contribution >= 0.6 is 11.6 Å². The molecule has 2 aliphatic heterocycles. The summed E-state index contributed by atoms with van der Waals surface area (Å²) in [6, 6.07) is 4.86. The summed E-state index contributed by atoms with van der Waals surface area (Å²) in [7, 11) is 0. The van der Waals surface area contributed by atoms with Crippen LogP contribution in [0.25, 0.3) is 5.65 Å². The van der Waals surface area contributed by atoms with Gasteiger partial charge >= 0.3 is 5.97 Å². The van der Waals surface area contributed by atoms with Crippen LogP contribution in [0.4, 0.5) is 4.39 Å². The molecule has 0 N–H and O–H groups in total. The average molecular weight is 459 g/mol. The van der Waals surface area contributed by atoms with Gasteiger partial charge in [0.1, 0.15) is 22.3 Å². The van der Waals surface area contributed by atoms with Crippen molar-refractivity contribution in [3.63, 3.8) is 0 Å². The molecular weight excluding hydrogens is 439 g/mol. The zero-order valence-electron chi connectivity index (χ0n) is 17.3. The van der Waals surface area contributed by atoms with Gasteiger partial charge in [-0.3, -0.25) is 4.79 Å². The third-order valence-electron chi connectivity index (χ3n) is 6.21. The molecule has 1 spiro atoms. The second kappa shape index (κ2) is 7.74. The predicted molar refractivity (Wildman–Crippen MR) is 113 cm³/mol. The van der Waals surface area contributed by atoms with E-state index in [0.717, 1.165) is 0 Å². The number of piperidine rings is 1. The van der Waals surface area contributed by atoms with Gasteiger partial charge in [0.05, 0.1) is 25.0 Å². The molecule has 2 aromatic heterocycles. The van der Waals surface area contributed by atoms with Crippen molar-refractivity contribution in [1.82, 2.24) is 19.5 Å². The minimum atomic E-state index is -0.558. The lowest BCUT2D eigenvalue weighted by Gasteiger charge is -2.38. The Morgan fingerprint density at radius 3 is 2.78 bits per heavy atom. The molecule has 0 saturated carbocycles. The van der Waals surface area contributed by atoms with Crippen LogP contribution in [0.3, 0.4) is 0 Å². The molecule has 3 aromatic rings. The van der Waals surface area contributed by atoms with E-state index in [1.807, 2.05) is 0 Å². The number of carbonyl (C=O) groups is 2. The molecule has 0 unspecified atom stereocenters. The molecule has 1 saturated heterocycles. The monoisotopic (exact) mass is 458 g/mol. The number of hydrogen-bond donors (Lipinski definition) is 0. The highest BCUT2D eigenvalue weighted by Crippen LogP contribution is 2.46. The second-order valence-electron chi connectivity index (χ2n) is 7.95. The number of ether oxygens (including phenoxy) is 2. The Hall–Kier alpha value is -3.20. The first kappa shape index (κ1) is 20.7. The first-order valence-electron chi connectivity index (χ1n) is 10.4. The summed E-state index contributed by atoms with van der Waals surface area (Å²) >= 11 is 6.45. The first-order chi connectivity index (χ1) is 15.4. The number of rotatable bonds is 3. The van der Waals surface area contributed by atoms with E-state index in [-0.39, 0.29) is 40.3 Å². The lowest BCUT2D eigenvalue weighted by Crippen LogP contribution is -2.46. The normalized spacial score (nSPS) is 16.8. The summed E-state index contributed by atoms with van der Waals surface area (Å²) in [5.41, 5.74) is 0.756. The van der Waals surface area contributed by atoms with Crippen LogP contribution in [0.1, 0.15) is 46.0 Å². The molecule has 1 amide bonds. The summed E-state index contributed by atoms with van der Waals surface area (Å²) in [5.74, 6) is -0.537. The molecule has 2 aliphatic rings. The van der Waals surface area contributed by atoms with Crippen molar-refractivity contribution in [3.05, 3.63) is 58.3 Å². The summed E-state index contributed by atoms with van der Waals surface area (Å²) in [5, 5.41) is 4.16. The van der Waals surface area contributed by atoms with Gasteiger partial charge in [-0.25, -0.2) is 18.7 Å². The third-order valence-corrected chi connectivity index (χ3v) is 6.57. The quantitative estimate of drug-likeness (QED) is 0.442. The van der Waals surface area contributed by atoms with Crippen molar-refractivity contribution in [3.8, 4) is 5.75 Å². The van der Waals surface area contributed by atoms with Crippen LogP contribution in [0.5, 0.6) is 5.75 Å². The Kier molecular flexibility index (Phi) is 5.00. The van der Waals surface area contributed by atoms with Gasteiger partial charge in [-0.2, -0.15) is 5.10 Å². The molecule has 32 heavy (non-hydrogen) atoms. The summed E-state index contributed by atoms with van der Waals surface area (Å²) < 4.78 is 26.5. The van der Waals surface area contributed by atoms with Gasteiger partial charge in [-0.15, -0.1) is 0 Å². The number of hydrogen-bond acceptors (Lipinski definition) is 6. The molecule has 1 aromatic carbocycles. The fourth-order valence-corrected chi connectivity index (χ4v) is 4.78. The number of carbonyl (C=O) groups excluding carboxylic acids is 2. The smallest absolute Gasteiger partial charge is 0.343 e. The van der Waals surface area contributed by atoms with Crippen molar-refractivity contribution < 1.29 is 23.5 Å². The number of likely N-dealkylation sites (tertiary alicyclic amines) is 1. The Balaban J connectivity index is 1.37. The molecule has 8 nitrogen and oxygen atoms in total. The van der Waals surface area contributed by atoms with Gasteiger partial charge in [0.15, 0.2) is 5.65 Å². The van der Waals surface area contributed by atoms with Crippen molar-refractivity contribution in [1.29, 1.82) is 0 Å². The van der Waals surface area contributed by atoms with Gasteiger partial charge < -0.3 is 14.4 Å². The van der Waals surface area contributed by atoms with Crippen molar-refractivity contribution >= 4 is 29.1 Å². The maximum absolute atomic E-state index is 14.5. The van der Waals surface area contributed by atoms with Gasteiger partial charge in [-0.05, 0) is 31.9 Å². The largest absolute Gasteiger partial charge is 0.492 e. The van der Waals surface area contributed by atoms with E-state index >= 15 is 0 Å². The van der Waals surface area contributed by atoms with Crippen LogP contribution in [0.2, 0.25) is 5.15 Å². The highest BCUT2D eigenvalue weighted by molar-refractivity contribution is 6.33. The maximum atomic E-state index is 14.5. The second-order valence-corrected chi connectivity index (χ2v) is 8.31. The Bertz CT molecular complexity index is 1240. The van der Waals surface area contributed by atoms with Crippen molar-refractivity contribution in [2.24, 2.45) is 0 Å². The highest BCUT2D eigenvalue weighted by atomic mass is 35.5. The predicted octanol–water partition coefficient (Wildman–Crippen LogP) is 3.26. The molecule has 0 radical (unpaired) electrons. The van der Waals surface area contributed by atoms with Crippen molar-refractivity contribution in [2.45, 2.75) is 25.2 Å². The molecule has 0 bridgehead atoms. The Morgan fingerprint density at radius 1 is 1.25 bits per heavy atom. The SMILES string of the molecule is CCOC(=O)c1cnn2c(Cl)c(C(=O)N3CCC4(CC3)COc3cccc(F)c34)cnc12. The van der Waals surface area contributed by atoms with Crippen LogP contribution in [-0.4, -0.2) is 57.7 Å². The van der Waals surface area contributed by atoms with E-state index in [9.17, 15) is 14.0 Å². The summed E-state index contributed by atoms with van der Waals surface area (Å²) in [6.45, 7) is 3.18. The number of fused-ring (bicyclic) bond motifs is 3. The Morgan fingerprint density at radius 2 is 2.03 bits per heavy atom. The number of nitrogens with zero attached hydrogens (tertiary/aromatic N) is 4. The summed E-state index contributed by atoms with van der Waals surface area (Å²) in [6.07, 6.45) is 3.82. The lowest BCUT2D eigenvalue weighted by atomic mass is 9.74. The fraction of sp³-hybridized carbons (Fsp3) is 0.364. The van der Waals surface area contributed by atoms with E-state index in [4.69, 9.17) is 21.1 Å². The lowest BCUT2D eigenvalue weighted by molar-refractivity contribution is 0.0528. The molecule has 10 heteroatoms. The topological polar surface area (TPSA) is 86.0 Å². The third kappa shape index (κ3) is 3.10. The number of halogens is 2. The highest BCUT2D eigenvalue weighted by Gasteiger charge is 2.46. The molecular formula is C22H20ClFN4O4. The van der Waals surface area contributed by atoms with Crippen LogP contribution < -0.4 is 4.74 Å². The standard InChI is InChI=1S/C22H20ClFN4O4/c1-2-31-21(30)14-11-26-28-18(23)13(10-25-19(14)28)20(29)27-8-6-22(7-9-27)12-32-16-5-3-4-15(24)17(16)22/h3-5,10-11H,2,6-9,12H2,1H3. The van der Waals surface area contributed by atoms with Gasteiger partial charge in [0.25, 0.3) is 5.91 Å². The van der Waals surface area contributed by atoms with E-state index in [2.05, 4.69) is 10.1 Å². The zero-order chi connectivity index (χ0) is 22.5. The van der Waals surface area contributed by atoms with Crippen LogP contribution in [0.15, 0.2) is 30.6 Å². The fourth-order valence-electron chi connectivity index (χ4n) is 4.53. The zero-order valence-corrected chi connectivity index (χ0v) is 18.1. The van der Waals surface area contributed by atoms with Crippen LogP contribution in [-0.2, 0) is 10.2 Å². The number of aromatic nitrogens is 3. The van der Waals surface area contributed by atoms with E-state index in [1.165, 1.54) is 23.0 Å². The minimum absolute atomic E-state index is 0.0661. The first-order valence-corrected chi connectivity index (χ1v) is 10.7. The average Bonchev–Trinajstić information content (AvgIpc) is 3.38. The van der Waals surface area contributed by atoms with Gasteiger partial charge in [0, 0.05) is 30.3 Å². The number of amides is 1. The molecule has 0 aliphatic carbocycles. The van der Waals surface area contributed by atoms with E-state index in [1.54, 1.807) is 24.0 Å². The van der Waals surface area contributed by atoms with E-state index < -0.39 is 11.4 Å². The molecule has 5 rings (SSSR count). The molecule has 1 fully saturated rings. The summed E-state index contributed by atoms with van der Waals surface area (Å²) in [4.78, 5) is 31.2.